The average Bonchev–Trinajstić information content (AvgIpc) is 3.15. The van der Waals surface area contributed by atoms with Gasteiger partial charge in [-0.25, -0.2) is 13.8 Å². The number of nitrogens with one attached hydrogen (secondary N) is 1. The monoisotopic (exact) mass is 626 g/mol. The predicted molar refractivity (Wildman–Crippen MR) is 161 cm³/mol. The molecule has 0 atom stereocenters. The summed E-state index contributed by atoms with van der Waals surface area (Å²) in [5.74, 6) is -0.586. The molecular weight excluding hydrogens is 600 g/mol. The number of hydrazone groups is 1. The van der Waals surface area contributed by atoms with Gasteiger partial charge in [-0.05, 0) is 87.9 Å². The number of carbonyl (C=O) groups excluding carboxylic acids is 1. The summed E-state index contributed by atoms with van der Waals surface area (Å²) in [6.45, 7) is 7.12. The van der Waals surface area contributed by atoms with Gasteiger partial charge in [0, 0.05) is 32.1 Å². The van der Waals surface area contributed by atoms with E-state index in [0.29, 0.717) is 16.3 Å². The molecule has 0 saturated heterocycles. The Bertz CT molecular complexity index is 1660. The van der Waals surface area contributed by atoms with Crippen molar-refractivity contribution in [1.82, 2.24) is 9.99 Å². The first-order valence-electron chi connectivity index (χ1n) is 12.1. The lowest BCUT2D eigenvalue weighted by Gasteiger charge is -2.25. The minimum atomic E-state index is -4.05. The van der Waals surface area contributed by atoms with E-state index in [9.17, 15) is 13.2 Å². The SMILES string of the molecule is Cc1ccc(S(=O)(=O)N(CC(=O)N/N=C\c2cc(C)n(-c3cccc(Br)c3)c2C)c2ccc(Cl)cc2C)cc1. The van der Waals surface area contributed by atoms with Crippen molar-refractivity contribution in [3.63, 3.8) is 0 Å². The summed E-state index contributed by atoms with van der Waals surface area (Å²) in [4.78, 5) is 13.1. The summed E-state index contributed by atoms with van der Waals surface area (Å²) in [6, 6.07) is 21.3. The Balaban J connectivity index is 1.58. The van der Waals surface area contributed by atoms with E-state index in [2.05, 4.69) is 31.0 Å². The fourth-order valence-electron chi connectivity index (χ4n) is 4.31. The summed E-state index contributed by atoms with van der Waals surface area (Å²) in [5, 5.41) is 4.60. The van der Waals surface area contributed by atoms with Gasteiger partial charge in [0.1, 0.15) is 6.54 Å². The average molecular weight is 628 g/mol. The summed E-state index contributed by atoms with van der Waals surface area (Å²) in [6.07, 6.45) is 1.56. The highest BCUT2D eigenvalue weighted by Crippen LogP contribution is 2.29. The molecular formula is C29H28BrClN4O3S. The molecule has 1 aromatic heterocycles. The third kappa shape index (κ3) is 6.43. The standard InChI is InChI=1S/C29H28BrClN4O3S/c1-19-8-11-27(12-9-19)39(37,38)34(28-13-10-25(31)14-20(28)2)18-29(36)33-32-17-23-15-21(3)35(22(23)4)26-7-5-6-24(30)16-26/h5-17H,18H2,1-4H3,(H,33,36)/b32-17-. The van der Waals surface area contributed by atoms with Crippen LogP contribution in [0.3, 0.4) is 0 Å². The molecule has 3 aromatic carbocycles. The van der Waals surface area contributed by atoms with Gasteiger partial charge >= 0.3 is 0 Å². The van der Waals surface area contributed by atoms with Crippen molar-refractivity contribution in [3.8, 4) is 5.69 Å². The highest BCUT2D eigenvalue weighted by atomic mass is 79.9. The lowest BCUT2D eigenvalue weighted by Crippen LogP contribution is -2.40. The van der Waals surface area contributed by atoms with Crippen LogP contribution in [0.25, 0.3) is 5.69 Å². The molecule has 4 aromatic rings. The zero-order valence-corrected chi connectivity index (χ0v) is 25.1. The quantitative estimate of drug-likeness (QED) is 0.180. The Labute approximate surface area is 242 Å². The number of halogens is 2. The topological polar surface area (TPSA) is 83.8 Å². The normalized spacial score (nSPS) is 11.6. The molecule has 0 saturated carbocycles. The van der Waals surface area contributed by atoms with Gasteiger partial charge in [0.25, 0.3) is 15.9 Å². The fraction of sp³-hybridized carbons (Fsp3) is 0.172. The second-order valence-corrected chi connectivity index (χ2v) is 12.4. The van der Waals surface area contributed by atoms with Gasteiger partial charge < -0.3 is 4.57 Å². The van der Waals surface area contributed by atoms with Crippen molar-refractivity contribution in [3.05, 3.63) is 110 Å². The number of anilines is 1. The van der Waals surface area contributed by atoms with E-state index in [1.807, 2.05) is 51.1 Å². The summed E-state index contributed by atoms with van der Waals surface area (Å²) in [7, 11) is -4.05. The molecule has 1 heterocycles. The summed E-state index contributed by atoms with van der Waals surface area (Å²) < 4.78 is 31.4. The molecule has 39 heavy (non-hydrogen) atoms. The number of amides is 1. The number of hydrogen-bond acceptors (Lipinski definition) is 4. The number of carbonyl (C=O) groups is 1. The van der Waals surface area contributed by atoms with Crippen molar-refractivity contribution in [2.24, 2.45) is 5.10 Å². The molecule has 1 amide bonds. The third-order valence-electron chi connectivity index (χ3n) is 6.25. The number of sulfonamides is 1. The molecule has 0 fully saturated rings. The molecule has 0 bridgehead atoms. The minimum absolute atomic E-state index is 0.0822. The van der Waals surface area contributed by atoms with E-state index in [4.69, 9.17) is 11.6 Å². The third-order valence-corrected chi connectivity index (χ3v) is 8.76. The molecule has 10 heteroatoms. The van der Waals surface area contributed by atoms with Crippen molar-refractivity contribution in [1.29, 1.82) is 0 Å². The van der Waals surface area contributed by atoms with E-state index < -0.39 is 22.5 Å². The molecule has 0 aliphatic heterocycles. The van der Waals surface area contributed by atoms with Gasteiger partial charge in [0.2, 0.25) is 0 Å². The van der Waals surface area contributed by atoms with Crippen molar-refractivity contribution in [2.45, 2.75) is 32.6 Å². The molecule has 0 radical (unpaired) electrons. The number of hydrogen-bond donors (Lipinski definition) is 1. The van der Waals surface area contributed by atoms with Crippen LogP contribution < -0.4 is 9.73 Å². The Hall–Kier alpha value is -3.40. The molecule has 202 valence electrons. The van der Waals surface area contributed by atoms with Crippen LogP contribution in [0.5, 0.6) is 0 Å². The van der Waals surface area contributed by atoms with E-state index in [1.54, 1.807) is 43.5 Å². The number of aromatic nitrogens is 1. The second-order valence-electron chi connectivity index (χ2n) is 9.19. The van der Waals surface area contributed by atoms with Crippen LogP contribution in [0.1, 0.15) is 28.1 Å². The maximum absolute atomic E-state index is 13.6. The molecule has 0 spiro atoms. The molecule has 7 nitrogen and oxygen atoms in total. The van der Waals surface area contributed by atoms with Crippen LogP contribution in [0.2, 0.25) is 5.02 Å². The maximum atomic E-state index is 13.6. The Morgan fingerprint density at radius 3 is 2.41 bits per heavy atom. The Morgan fingerprint density at radius 2 is 1.74 bits per heavy atom. The maximum Gasteiger partial charge on any atom is 0.264 e. The Morgan fingerprint density at radius 1 is 1.03 bits per heavy atom. The number of rotatable bonds is 8. The summed E-state index contributed by atoms with van der Waals surface area (Å²) in [5.41, 5.74) is 8.16. The van der Waals surface area contributed by atoms with E-state index in [-0.39, 0.29) is 4.90 Å². The van der Waals surface area contributed by atoms with Crippen molar-refractivity contribution >= 4 is 55.4 Å². The van der Waals surface area contributed by atoms with E-state index in [1.165, 1.54) is 12.1 Å². The van der Waals surface area contributed by atoms with E-state index in [0.717, 1.165) is 37.0 Å². The lowest BCUT2D eigenvalue weighted by atomic mass is 10.2. The number of nitrogens with zero attached hydrogens (tertiary/aromatic N) is 3. The number of aryl methyl sites for hydroxylation is 3. The summed E-state index contributed by atoms with van der Waals surface area (Å²) >= 11 is 9.61. The highest BCUT2D eigenvalue weighted by molar-refractivity contribution is 9.10. The van der Waals surface area contributed by atoms with Crippen LogP contribution >= 0.6 is 27.5 Å². The van der Waals surface area contributed by atoms with Crippen LogP contribution in [0.4, 0.5) is 5.69 Å². The molecule has 4 rings (SSSR count). The minimum Gasteiger partial charge on any atom is -0.318 e. The molecule has 0 unspecified atom stereocenters. The molecule has 0 aliphatic carbocycles. The first-order valence-corrected chi connectivity index (χ1v) is 14.7. The largest absolute Gasteiger partial charge is 0.318 e. The van der Waals surface area contributed by atoms with Gasteiger partial charge in [0.05, 0.1) is 16.8 Å². The van der Waals surface area contributed by atoms with Gasteiger partial charge in [0.15, 0.2) is 0 Å². The van der Waals surface area contributed by atoms with Gasteiger partial charge in [-0.15, -0.1) is 0 Å². The smallest absolute Gasteiger partial charge is 0.264 e. The molecule has 0 aliphatic rings. The lowest BCUT2D eigenvalue weighted by molar-refractivity contribution is -0.119. The Kier molecular flexibility index (Phi) is 8.64. The van der Waals surface area contributed by atoms with Gasteiger partial charge in [-0.3, -0.25) is 9.10 Å². The zero-order chi connectivity index (χ0) is 28.3. The van der Waals surface area contributed by atoms with Gasteiger partial charge in [-0.2, -0.15) is 5.10 Å². The van der Waals surface area contributed by atoms with Gasteiger partial charge in [-0.1, -0.05) is 51.3 Å². The van der Waals surface area contributed by atoms with E-state index >= 15 is 0 Å². The van der Waals surface area contributed by atoms with Crippen molar-refractivity contribution < 1.29 is 13.2 Å². The fourth-order valence-corrected chi connectivity index (χ4v) is 6.41. The second kappa shape index (κ2) is 11.8. The zero-order valence-electron chi connectivity index (χ0n) is 21.9. The van der Waals surface area contributed by atoms with Crippen LogP contribution in [-0.2, 0) is 14.8 Å². The first kappa shape index (κ1) is 28.6. The van der Waals surface area contributed by atoms with Crippen molar-refractivity contribution in [2.75, 3.05) is 10.8 Å². The first-order chi connectivity index (χ1) is 18.5. The van der Waals surface area contributed by atoms with Crippen LogP contribution in [0, 0.1) is 27.7 Å². The van der Waals surface area contributed by atoms with Crippen LogP contribution in [0.15, 0.2) is 87.3 Å². The highest BCUT2D eigenvalue weighted by Gasteiger charge is 2.28. The van der Waals surface area contributed by atoms with Crippen LogP contribution in [-0.4, -0.2) is 31.7 Å². The predicted octanol–water partition coefficient (Wildman–Crippen LogP) is 6.47. The number of benzene rings is 3. The molecule has 1 N–H and O–H groups in total.